The highest BCUT2D eigenvalue weighted by atomic mass is 79.9. The van der Waals surface area contributed by atoms with Crippen LogP contribution < -0.4 is 5.32 Å². The van der Waals surface area contributed by atoms with Gasteiger partial charge in [-0.05, 0) is 41.1 Å². The van der Waals surface area contributed by atoms with Gasteiger partial charge in [0.15, 0.2) is 0 Å². The number of aromatic carboxylic acids is 1. The third-order valence-corrected chi connectivity index (χ3v) is 3.64. The van der Waals surface area contributed by atoms with Gasteiger partial charge >= 0.3 is 5.97 Å². The molecule has 1 heterocycles. The van der Waals surface area contributed by atoms with E-state index in [0.29, 0.717) is 20.8 Å². The van der Waals surface area contributed by atoms with E-state index in [9.17, 15) is 9.59 Å². The number of amides is 1. The molecule has 1 amide bonds. The number of benzene rings is 1. The van der Waals surface area contributed by atoms with Crippen LogP contribution in [0.15, 0.2) is 28.9 Å². The molecule has 0 aliphatic carbocycles. The summed E-state index contributed by atoms with van der Waals surface area (Å²) in [6.45, 7) is 1.62. The van der Waals surface area contributed by atoms with Crippen molar-refractivity contribution >= 4 is 45.1 Å². The van der Waals surface area contributed by atoms with Gasteiger partial charge in [-0.2, -0.15) is 0 Å². The number of hydrogen-bond donors (Lipinski definition) is 3. The Morgan fingerprint density at radius 1 is 1.40 bits per heavy atom. The van der Waals surface area contributed by atoms with Crippen molar-refractivity contribution in [1.82, 2.24) is 4.98 Å². The van der Waals surface area contributed by atoms with Crippen molar-refractivity contribution in [1.29, 1.82) is 0 Å². The van der Waals surface area contributed by atoms with Gasteiger partial charge in [0.1, 0.15) is 5.56 Å². The van der Waals surface area contributed by atoms with Crippen molar-refractivity contribution in [2.45, 2.75) is 6.92 Å². The molecule has 2 aromatic rings. The number of halogens is 2. The largest absolute Gasteiger partial charge is 0.478 e. The molecule has 0 unspecified atom stereocenters. The zero-order chi connectivity index (χ0) is 14.9. The average Bonchev–Trinajstić information content (AvgIpc) is 2.73. The van der Waals surface area contributed by atoms with Crippen LogP contribution in [0.4, 0.5) is 5.69 Å². The number of H-pyrrole nitrogens is 1. The number of rotatable bonds is 3. The lowest BCUT2D eigenvalue weighted by Gasteiger charge is -2.07. The highest BCUT2D eigenvalue weighted by Crippen LogP contribution is 2.24. The van der Waals surface area contributed by atoms with Crippen LogP contribution in [0, 0.1) is 6.92 Å². The molecule has 1 aromatic heterocycles. The molecule has 0 aliphatic rings. The third-order valence-electron chi connectivity index (χ3n) is 2.71. The van der Waals surface area contributed by atoms with Gasteiger partial charge < -0.3 is 15.4 Å². The number of anilines is 1. The number of nitrogens with one attached hydrogen (secondary N) is 2. The van der Waals surface area contributed by atoms with E-state index >= 15 is 0 Å². The lowest BCUT2D eigenvalue weighted by Crippen LogP contribution is -2.14. The molecule has 2 rings (SSSR count). The van der Waals surface area contributed by atoms with Crippen LogP contribution in [0.1, 0.15) is 26.4 Å². The molecule has 0 aliphatic heterocycles. The standard InChI is InChI=1S/C13H10BrClN2O3/c1-6-11(13(19)20)10(5-16-6)17-12(18)8-4-7(15)2-3-9(8)14/h2-5,16H,1H3,(H,17,18)(H,19,20). The van der Waals surface area contributed by atoms with E-state index in [1.807, 2.05) is 0 Å². The van der Waals surface area contributed by atoms with E-state index in [4.69, 9.17) is 16.7 Å². The third kappa shape index (κ3) is 2.86. The number of carboxylic acids is 1. The summed E-state index contributed by atoms with van der Waals surface area (Å²) in [6.07, 6.45) is 1.44. The smallest absolute Gasteiger partial charge is 0.339 e. The number of aryl methyl sites for hydroxylation is 1. The van der Waals surface area contributed by atoms with E-state index in [0.717, 1.165) is 0 Å². The minimum atomic E-state index is -1.11. The van der Waals surface area contributed by atoms with Gasteiger partial charge in [0.25, 0.3) is 5.91 Å². The first-order chi connectivity index (χ1) is 9.40. The van der Waals surface area contributed by atoms with Gasteiger partial charge in [0.05, 0.1) is 11.3 Å². The summed E-state index contributed by atoms with van der Waals surface area (Å²) in [7, 11) is 0. The van der Waals surface area contributed by atoms with Crippen molar-refractivity contribution < 1.29 is 14.7 Å². The molecule has 20 heavy (non-hydrogen) atoms. The highest BCUT2D eigenvalue weighted by molar-refractivity contribution is 9.10. The van der Waals surface area contributed by atoms with Crippen LogP contribution in [0.2, 0.25) is 5.02 Å². The fourth-order valence-corrected chi connectivity index (χ4v) is 2.36. The molecule has 0 spiro atoms. The molecule has 0 fully saturated rings. The van der Waals surface area contributed by atoms with Crippen LogP contribution in [0.3, 0.4) is 0 Å². The quantitative estimate of drug-likeness (QED) is 0.783. The van der Waals surface area contributed by atoms with Crippen molar-refractivity contribution in [2.75, 3.05) is 5.32 Å². The summed E-state index contributed by atoms with van der Waals surface area (Å²) in [5, 5.41) is 12.1. The zero-order valence-corrected chi connectivity index (χ0v) is 12.7. The van der Waals surface area contributed by atoms with Gasteiger partial charge in [-0.3, -0.25) is 4.79 Å². The molecule has 1 aromatic carbocycles. The Hall–Kier alpha value is -1.79. The molecule has 0 saturated carbocycles. The molecular formula is C13H10BrClN2O3. The fourth-order valence-electron chi connectivity index (χ4n) is 1.76. The SMILES string of the molecule is Cc1[nH]cc(NC(=O)c2cc(Cl)ccc2Br)c1C(=O)O. The second kappa shape index (κ2) is 5.68. The van der Waals surface area contributed by atoms with Crippen LogP contribution in [0.25, 0.3) is 0 Å². The number of carboxylic acid groups (broad SMARTS) is 1. The first-order valence-corrected chi connectivity index (χ1v) is 6.75. The van der Waals surface area contributed by atoms with E-state index in [2.05, 4.69) is 26.2 Å². The van der Waals surface area contributed by atoms with Gasteiger partial charge in [-0.25, -0.2) is 4.79 Å². The maximum absolute atomic E-state index is 12.2. The van der Waals surface area contributed by atoms with Gasteiger partial charge in [-0.1, -0.05) is 11.6 Å². The van der Waals surface area contributed by atoms with Crippen molar-refractivity contribution in [3.8, 4) is 0 Å². The normalized spacial score (nSPS) is 10.3. The Morgan fingerprint density at radius 3 is 2.75 bits per heavy atom. The Kier molecular flexibility index (Phi) is 4.15. The number of hydrogen-bond acceptors (Lipinski definition) is 2. The molecule has 0 bridgehead atoms. The van der Waals surface area contributed by atoms with Crippen LogP contribution in [-0.4, -0.2) is 22.0 Å². The lowest BCUT2D eigenvalue weighted by molar-refractivity contribution is 0.0697. The summed E-state index contributed by atoms with van der Waals surface area (Å²) in [4.78, 5) is 26.1. The first kappa shape index (κ1) is 14.6. The Balaban J connectivity index is 2.33. The maximum Gasteiger partial charge on any atom is 0.339 e. The second-order valence-electron chi connectivity index (χ2n) is 4.09. The van der Waals surface area contributed by atoms with Gasteiger partial charge in [-0.15, -0.1) is 0 Å². The molecule has 3 N–H and O–H groups in total. The van der Waals surface area contributed by atoms with Gasteiger partial charge in [0, 0.05) is 21.4 Å². The average molecular weight is 358 g/mol. The summed E-state index contributed by atoms with van der Waals surface area (Å²) in [5.74, 6) is -1.55. The van der Waals surface area contributed by atoms with Crippen LogP contribution in [0.5, 0.6) is 0 Å². The van der Waals surface area contributed by atoms with Crippen molar-refractivity contribution in [2.24, 2.45) is 0 Å². The minimum absolute atomic E-state index is 0.0384. The predicted molar refractivity (Wildman–Crippen MR) is 79.6 cm³/mol. The number of carbonyl (C=O) groups excluding carboxylic acids is 1. The van der Waals surface area contributed by atoms with E-state index in [1.165, 1.54) is 12.3 Å². The predicted octanol–water partition coefficient (Wildman–Crippen LogP) is 3.69. The molecular weight excluding hydrogens is 348 g/mol. The maximum atomic E-state index is 12.2. The Labute approximate surface area is 128 Å². The summed E-state index contributed by atoms with van der Waals surface area (Å²) < 4.78 is 0.573. The molecule has 0 radical (unpaired) electrons. The summed E-state index contributed by atoms with van der Waals surface area (Å²) in [5.41, 5.74) is 1.05. The molecule has 7 heteroatoms. The monoisotopic (exact) mass is 356 g/mol. The zero-order valence-electron chi connectivity index (χ0n) is 10.3. The summed E-state index contributed by atoms with van der Waals surface area (Å²) >= 11 is 9.10. The topological polar surface area (TPSA) is 82.2 Å². The molecule has 0 atom stereocenters. The van der Waals surface area contributed by atoms with E-state index in [-0.39, 0.29) is 11.3 Å². The molecule has 104 valence electrons. The Bertz CT molecular complexity index is 697. The Morgan fingerprint density at radius 2 is 2.10 bits per heavy atom. The highest BCUT2D eigenvalue weighted by Gasteiger charge is 2.18. The van der Waals surface area contributed by atoms with Crippen molar-refractivity contribution in [3.63, 3.8) is 0 Å². The van der Waals surface area contributed by atoms with Crippen LogP contribution in [-0.2, 0) is 0 Å². The van der Waals surface area contributed by atoms with E-state index in [1.54, 1.807) is 19.1 Å². The van der Waals surface area contributed by atoms with E-state index < -0.39 is 11.9 Å². The lowest BCUT2D eigenvalue weighted by atomic mass is 10.2. The minimum Gasteiger partial charge on any atom is -0.478 e. The molecule has 5 nitrogen and oxygen atoms in total. The fraction of sp³-hybridized carbons (Fsp3) is 0.0769. The summed E-state index contributed by atoms with van der Waals surface area (Å²) in [6, 6.07) is 4.80. The second-order valence-corrected chi connectivity index (χ2v) is 5.38. The van der Waals surface area contributed by atoms with Gasteiger partial charge in [0.2, 0.25) is 0 Å². The number of carbonyl (C=O) groups is 2. The van der Waals surface area contributed by atoms with Crippen LogP contribution >= 0.6 is 27.5 Å². The number of aromatic nitrogens is 1. The van der Waals surface area contributed by atoms with Crippen molar-refractivity contribution in [3.05, 3.63) is 50.7 Å². The first-order valence-electron chi connectivity index (χ1n) is 5.58. The number of aromatic amines is 1. The molecule has 0 saturated heterocycles.